The van der Waals surface area contributed by atoms with E-state index in [1.54, 1.807) is 36.3 Å². The zero-order chi connectivity index (χ0) is 21.8. The Morgan fingerprint density at radius 2 is 1.55 bits per heavy atom. The Hall–Kier alpha value is -3.64. The van der Waals surface area contributed by atoms with Crippen LogP contribution >= 0.6 is 0 Å². The molecular weight excluding hydrogens is 394 g/mol. The standard InChI is InChI=1S/C25H23NO5/c1-30-20-14-12-17(13-15-20)16-21-26(24(27)19-10-6-3-7-11-19)22(23(31-21)25(28)29)18-8-4-2-5-9-18/h2-15,21-23H,16H2,1H3,(H,28,29)/t21-,22-,23+/m0/s1. The van der Waals surface area contributed by atoms with Crippen LogP contribution in [0.25, 0.3) is 0 Å². The van der Waals surface area contributed by atoms with Crippen LogP contribution in [0.5, 0.6) is 5.75 Å². The summed E-state index contributed by atoms with van der Waals surface area (Å²) in [7, 11) is 1.59. The van der Waals surface area contributed by atoms with Crippen LogP contribution in [0.4, 0.5) is 0 Å². The van der Waals surface area contributed by atoms with Crippen LogP contribution < -0.4 is 4.74 Å². The quantitative estimate of drug-likeness (QED) is 0.658. The number of ether oxygens (including phenoxy) is 2. The molecule has 0 bridgehead atoms. The number of carbonyl (C=O) groups excluding carboxylic acids is 1. The summed E-state index contributed by atoms with van der Waals surface area (Å²) in [6, 6.07) is 24.7. The van der Waals surface area contributed by atoms with Crippen molar-refractivity contribution in [2.45, 2.75) is 24.8 Å². The monoisotopic (exact) mass is 417 g/mol. The number of carboxylic acids is 1. The third-order valence-corrected chi connectivity index (χ3v) is 5.41. The normalized spacial score (nSPS) is 20.4. The van der Waals surface area contributed by atoms with Crippen molar-refractivity contribution in [2.75, 3.05) is 7.11 Å². The van der Waals surface area contributed by atoms with Gasteiger partial charge in [-0.2, -0.15) is 0 Å². The van der Waals surface area contributed by atoms with Gasteiger partial charge in [0, 0.05) is 12.0 Å². The molecule has 0 aliphatic carbocycles. The highest BCUT2D eigenvalue weighted by Crippen LogP contribution is 2.38. The van der Waals surface area contributed by atoms with E-state index >= 15 is 0 Å². The van der Waals surface area contributed by atoms with Crippen molar-refractivity contribution in [1.82, 2.24) is 4.90 Å². The van der Waals surface area contributed by atoms with Gasteiger partial charge >= 0.3 is 5.97 Å². The van der Waals surface area contributed by atoms with E-state index in [4.69, 9.17) is 9.47 Å². The molecule has 1 aliphatic rings. The van der Waals surface area contributed by atoms with Crippen molar-refractivity contribution >= 4 is 11.9 Å². The van der Waals surface area contributed by atoms with Crippen molar-refractivity contribution in [2.24, 2.45) is 0 Å². The number of nitrogens with zero attached hydrogens (tertiary/aromatic N) is 1. The van der Waals surface area contributed by atoms with E-state index in [0.717, 1.165) is 16.9 Å². The second kappa shape index (κ2) is 9.02. The molecule has 6 nitrogen and oxygen atoms in total. The molecule has 0 spiro atoms. The highest BCUT2D eigenvalue weighted by Gasteiger charge is 2.49. The predicted octanol–water partition coefficient (Wildman–Crippen LogP) is 3.93. The van der Waals surface area contributed by atoms with Crippen LogP contribution in [-0.4, -0.2) is 41.3 Å². The molecule has 0 radical (unpaired) electrons. The molecule has 158 valence electrons. The van der Waals surface area contributed by atoms with Crippen LogP contribution in [0, 0.1) is 0 Å². The van der Waals surface area contributed by atoms with E-state index in [2.05, 4.69) is 0 Å². The van der Waals surface area contributed by atoms with Gasteiger partial charge in [0.15, 0.2) is 6.10 Å². The van der Waals surface area contributed by atoms with Gasteiger partial charge in [0.1, 0.15) is 12.0 Å². The lowest BCUT2D eigenvalue weighted by atomic mass is 9.99. The molecule has 3 aromatic rings. The molecule has 1 amide bonds. The molecule has 1 heterocycles. The van der Waals surface area contributed by atoms with Gasteiger partial charge in [-0.1, -0.05) is 60.7 Å². The van der Waals surface area contributed by atoms with Crippen molar-refractivity contribution in [3.63, 3.8) is 0 Å². The lowest BCUT2D eigenvalue weighted by Crippen LogP contribution is -2.40. The summed E-state index contributed by atoms with van der Waals surface area (Å²) in [4.78, 5) is 27.2. The maximum atomic E-state index is 13.5. The number of amides is 1. The van der Waals surface area contributed by atoms with Gasteiger partial charge in [-0.3, -0.25) is 4.79 Å². The summed E-state index contributed by atoms with van der Waals surface area (Å²) in [5.41, 5.74) is 2.11. The minimum atomic E-state index is -1.17. The highest BCUT2D eigenvalue weighted by atomic mass is 16.6. The molecule has 3 atom stereocenters. The summed E-state index contributed by atoms with van der Waals surface area (Å²) >= 11 is 0. The summed E-state index contributed by atoms with van der Waals surface area (Å²) in [5.74, 6) is -0.646. The fraction of sp³-hybridized carbons (Fsp3) is 0.200. The predicted molar refractivity (Wildman–Crippen MR) is 115 cm³/mol. The summed E-state index contributed by atoms with van der Waals surface area (Å²) in [5, 5.41) is 9.89. The van der Waals surface area contributed by atoms with E-state index < -0.39 is 24.3 Å². The smallest absolute Gasteiger partial charge is 0.335 e. The fourth-order valence-electron chi connectivity index (χ4n) is 3.91. The number of carboxylic acid groups (broad SMARTS) is 1. The molecular formula is C25H23NO5. The number of aliphatic carboxylic acids is 1. The van der Waals surface area contributed by atoms with Gasteiger partial charge in [-0.05, 0) is 35.4 Å². The Labute approximate surface area is 180 Å². The molecule has 1 aliphatic heterocycles. The number of benzene rings is 3. The first-order valence-electron chi connectivity index (χ1n) is 10.0. The lowest BCUT2D eigenvalue weighted by molar-refractivity contribution is -0.150. The average Bonchev–Trinajstić information content (AvgIpc) is 3.19. The second-order valence-corrected chi connectivity index (χ2v) is 7.34. The largest absolute Gasteiger partial charge is 0.497 e. The third-order valence-electron chi connectivity index (χ3n) is 5.41. The fourth-order valence-corrected chi connectivity index (χ4v) is 3.91. The molecule has 1 saturated heterocycles. The van der Waals surface area contributed by atoms with Gasteiger partial charge in [-0.15, -0.1) is 0 Å². The third kappa shape index (κ3) is 4.29. The van der Waals surface area contributed by atoms with E-state index in [-0.39, 0.29) is 5.91 Å². The zero-order valence-electron chi connectivity index (χ0n) is 17.0. The van der Waals surface area contributed by atoms with Gasteiger partial charge < -0.3 is 19.5 Å². The van der Waals surface area contributed by atoms with Crippen molar-refractivity contribution < 1.29 is 24.2 Å². The topological polar surface area (TPSA) is 76.1 Å². The Morgan fingerprint density at radius 3 is 2.13 bits per heavy atom. The van der Waals surface area contributed by atoms with E-state index in [9.17, 15) is 14.7 Å². The molecule has 31 heavy (non-hydrogen) atoms. The molecule has 3 aromatic carbocycles. The highest BCUT2D eigenvalue weighted by molar-refractivity contribution is 5.95. The molecule has 1 N–H and O–H groups in total. The first kappa shape index (κ1) is 20.6. The minimum absolute atomic E-state index is 0.267. The Kier molecular flexibility index (Phi) is 6.00. The molecule has 4 rings (SSSR count). The van der Waals surface area contributed by atoms with Crippen LogP contribution in [0.1, 0.15) is 27.5 Å². The van der Waals surface area contributed by atoms with Crippen molar-refractivity contribution in [3.8, 4) is 5.75 Å². The van der Waals surface area contributed by atoms with Crippen LogP contribution in [0.3, 0.4) is 0 Å². The molecule has 6 heteroatoms. The number of hydrogen-bond acceptors (Lipinski definition) is 4. The maximum Gasteiger partial charge on any atom is 0.335 e. The molecule has 1 fully saturated rings. The van der Waals surface area contributed by atoms with Gasteiger partial charge in [0.25, 0.3) is 5.91 Å². The number of rotatable bonds is 6. The average molecular weight is 417 g/mol. The van der Waals surface area contributed by atoms with Crippen LogP contribution in [0.15, 0.2) is 84.9 Å². The van der Waals surface area contributed by atoms with Crippen molar-refractivity contribution in [1.29, 1.82) is 0 Å². The van der Waals surface area contributed by atoms with E-state index in [0.29, 0.717) is 12.0 Å². The molecule has 0 aromatic heterocycles. The van der Waals surface area contributed by atoms with E-state index in [1.807, 2.05) is 60.7 Å². The van der Waals surface area contributed by atoms with Gasteiger partial charge in [0.05, 0.1) is 13.2 Å². The first-order valence-corrected chi connectivity index (χ1v) is 10.0. The lowest BCUT2D eigenvalue weighted by Gasteiger charge is -2.29. The SMILES string of the molecule is COc1ccc(C[C@@H]2O[C@@H](C(=O)O)[C@H](c3ccccc3)N2C(=O)c2ccccc2)cc1. The molecule has 0 saturated carbocycles. The molecule has 0 unspecified atom stereocenters. The number of hydrogen-bond donors (Lipinski definition) is 1. The second-order valence-electron chi connectivity index (χ2n) is 7.34. The van der Waals surface area contributed by atoms with E-state index in [1.165, 1.54) is 0 Å². The minimum Gasteiger partial charge on any atom is -0.497 e. The number of methoxy groups -OCH3 is 1. The van der Waals surface area contributed by atoms with Crippen LogP contribution in [0.2, 0.25) is 0 Å². The van der Waals surface area contributed by atoms with Crippen LogP contribution in [-0.2, 0) is 16.0 Å². The Bertz CT molecular complexity index is 1040. The van der Waals surface area contributed by atoms with Gasteiger partial charge in [0.2, 0.25) is 0 Å². The Balaban J connectivity index is 1.74. The summed E-state index contributed by atoms with van der Waals surface area (Å²) in [6.07, 6.45) is -1.54. The van der Waals surface area contributed by atoms with Crippen molar-refractivity contribution in [3.05, 3.63) is 102 Å². The Morgan fingerprint density at radius 1 is 0.935 bits per heavy atom. The summed E-state index contributed by atoms with van der Waals surface area (Å²) < 4.78 is 11.2. The zero-order valence-corrected chi connectivity index (χ0v) is 17.0. The summed E-state index contributed by atoms with van der Waals surface area (Å²) in [6.45, 7) is 0. The number of carbonyl (C=O) groups is 2. The maximum absolute atomic E-state index is 13.5. The van der Waals surface area contributed by atoms with Gasteiger partial charge in [-0.25, -0.2) is 4.79 Å². The first-order chi connectivity index (χ1) is 15.1.